The molecule has 2 aromatic rings. The Morgan fingerprint density at radius 2 is 1.55 bits per heavy atom. The van der Waals surface area contributed by atoms with Crippen LogP contribution in [0.2, 0.25) is 0 Å². The van der Waals surface area contributed by atoms with Crippen molar-refractivity contribution in [2.75, 3.05) is 0 Å². The summed E-state index contributed by atoms with van der Waals surface area (Å²) in [6.45, 7) is 4.00. The highest BCUT2D eigenvalue weighted by Gasteiger charge is 2.06. The Hall–Kier alpha value is -2.16. The van der Waals surface area contributed by atoms with Crippen LogP contribution in [0.5, 0.6) is 0 Å². The summed E-state index contributed by atoms with van der Waals surface area (Å²) in [4.78, 5) is 10.8. The highest BCUT2D eigenvalue weighted by Crippen LogP contribution is 2.15. The number of hydrogen-bond donors (Lipinski definition) is 1. The molecule has 0 aliphatic rings. The van der Waals surface area contributed by atoms with Gasteiger partial charge in [0.25, 0.3) is 0 Å². The van der Waals surface area contributed by atoms with Gasteiger partial charge in [0.1, 0.15) is 5.82 Å². The molecular formula is C17H19FO2. The zero-order chi connectivity index (χ0) is 15.0. The number of carboxylic acids is 1. The van der Waals surface area contributed by atoms with Crippen LogP contribution in [0.25, 0.3) is 0 Å². The molecule has 0 atom stereocenters. The molecule has 2 nitrogen and oxygen atoms in total. The Kier molecular flexibility index (Phi) is 6.44. The fourth-order valence-corrected chi connectivity index (χ4v) is 1.89. The lowest BCUT2D eigenvalue weighted by molar-refractivity contribution is -0.136. The molecule has 20 heavy (non-hydrogen) atoms. The number of aliphatic carboxylic acids is 1. The third-order valence-corrected chi connectivity index (χ3v) is 2.77. The van der Waals surface area contributed by atoms with Crippen molar-refractivity contribution in [1.29, 1.82) is 0 Å². The smallest absolute Gasteiger partial charge is 0.307 e. The van der Waals surface area contributed by atoms with Crippen molar-refractivity contribution in [3.05, 3.63) is 71.0 Å². The van der Waals surface area contributed by atoms with E-state index in [4.69, 9.17) is 5.11 Å². The van der Waals surface area contributed by atoms with Crippen molar-refractivity contribution in [3.8, 4) is 0 Å². The second kappa shape index (κ2) is 8.10. The highest BCUT2D eigenvalue weighted by molar-refractivity contribution is 5.70. The summed E-state index contributed by atoms with van der Waals surface area (Å²) in [6.07, 6.45) is 0.626. The van der Waals surface area contributed by atoms with E-state index in [-0.39, 0.29) is 12.2 Å². The zero-order valence-electron chi connectivity index (χ0n) is 11.8. The van der Waals surface area contributed by atoms with Crippen molar-refractivity contribution < 1.29 is 14.3 Å². The molecule has 1 N–H and O–H groups in total. The van der Waals surface area contributed by atoms with Crippen LogP contribution in [0.3, 0.4) is 0 Å². The van der Waals surface area contributed by atoms with E-state index in [1.165, 1.54) is 12.1 Å². The van der Waals surface area contributed by atoms with E-state index < -0.39 is 5.97 Å². The van der Waals surface area contributed by atoms with Crippen molar-refractivity contribution >= 4 is 5.97 Å². The molecule has 2 rings (SSSR count). The van der Waals surface area contributed by atoms with Gasteiger partial charge in [0.15, 0.2) is 0 Å². The van der Waals surface area contributed by atoms with Crippen molar-refractivity contribution in [1.82, 2.24) is 0 Å². The van der Waals surface area contributed by atoms with Gasteiger partial charge >= 0.3 is 5.97 Å². The topological polar surface area (TPSA) is 37.3 Å². The van der Waals surface area contributed by atoms with Crippen molar-refractivity contribution in [2.24, 2.45) is 0 Å². The molecular weight excluding hydrogens is 255 g/mol. The van der Waals surface area contributed by atoms with Gasteiger partial charge < -0.3 is 5.11 Å². The van der Waals surface area contributed by atoms with Crippen LogP contribution in [0.4, 0.5) is 4.39 Å². The quantitative estimate of drug-likeness (QED) is 0.912. The van der Waals surface area contributed by atoms with E-state index in [1.54, 1.807) is 12.1 Å². The first-order valence-electron chi connectivity index (χ1n) is 6.68. The lowest BCUT2D eigenvalue weighted by atomic mass is 9.98. The molecule has 0 bridgehead atoms. The van der Waals surface area contributed by atoms with Gasteiger partial charge in [-0.1, -0.05) is 50.2 Å². The Morgan fingerprint density at radius 3 is 2.10 bits per heavy atom. The standard InChI is InChI=1S/C15H13FO2.C2H6/c16-14-7-5-11(6-8-14)9-12-3-1-2-4-13(12)10-15(17)18;1-2/h1-8H,9-10H2,(H,17,18);1-2H3. The maximum atomic E-state index is 12.8. The second-order valence-electron chi connectivity index (χ2n) is 4.14. The average molecular weight is 274 g/mol. The van der Waals surface area contributed by atoms with Gasteiger partial charge in [-0.25, -0.2) is 4.39 Å². The fourth-order valence-electron chi connectivity index (χ4n) is 1.89. The van der Waals surface area contributed by atoms with E-state index in [0.717, 1.165) is 16.7 Å². The third kappa shape index (κ3) is 4.84. The average Bonchev–Trinajstić information content (AvgIpc) is 2.45. The highest BCUT2D eigenvalue weighted by atomic mass is 19.1. The maximum absolute atomic E-state index is 12.8. The molecule has 0 unspecified atom stereocenters. The van der Waals surface area contributed by atoms with Gasteiger partial charge in [0, 0.05) is 0 Å². The van der Waals surface area contributed by atoms with E-state index in [2.05, 4.69) is 0 Å². The molecule has 0 heterocycles. The van der Waals surface area contributed by atoms with Crippen LogP contribution in [0.15, 0.2) is 48.5 Å². The number of carboxylic acid groups (broad SMARTS) is 1. The van der Waals surface area contributed by atoms with Crippen LogP contribution in [-0.4, -0.2) is 11.1 Å². The van der Waals surface area contributed by atoms with Gasteiger partial charge in [-0.2, -0.15) is 0 Å². The van der Waals surface area contributed by atoms with E-state index >= 15 is 0 Å². The molecule has 0 spiro atoms. The summed E-state index contributed by atoms with van der Waals surface area (Å²) < 4.78 is 12.8. The van der Waals surface area contributed by atoms with Gasteiger partial charge in [-0.05, 0) is 35.2 Å². The summed E-state index contributed by atoms with van der Waals surface area (Å²) in [7, 11) is 0. The summed E-state index contributed by atoms with van der Waals surface area (Å²) in [6, 6.07) is 13.7. The SMILES string of the molecule is CC.O=C(O)Cc1ccccc1Cc1ccc(F)cc1. The van der Waals surface area contributed by atoms with Crippen molar-refractivity contribution in [3.63, 3.8) is 0 Å². The fraction of sp³-hybridized carbons (Fsp3) is 0.235. The molecule has 2 aromatic carbocycles. The lowest BCUT2D eigenvalue weighted by Gasteiger charge is -2.07. The predicted octanol–water partition coefficient (Wildman–Crippen LogP) is 4.07. The second-order valence-corrected chi connectivity index (χ2v) is 4.14. The Bertz CT molecular complexity index is 547. The predicted molar refractivity (Wildman–Crippen MR) is 78.3 cm³/mol. The number of rotatable bonds is 4. The molecule has 106 valence electrons. The Morgan fingerprint density at radius 1 is 1.00 bits per heavy atom. The molecule has 0 radical (unpaired) electrons. The summed E-state index contributed by atoms with van der Waals surface area (Å²) in [5.74, 6) is -1.11. The van der Waals surface area contributed by atoms with Crippen LogP contribution in [-0.2, 0) is 17.6 Å². The monoisotopic (exact) mass is 274 g/mol. The Labute approximate surface area is 118 Å². The number of carbonyl (C=O) groups is 1. The number of benzene rings is 2. The molecule has 0 fully saturated rings. The molecule has 0 aliphatic carbocycles. The minimum Gasteiger partial charge on any atom is -0.481 e. The first-order valence-corrected chi connectivity index (χ1v) is 6.68. The van der Waals surface area contributed by atoms with E-state index in [9.17, 15) is 9.18 Å². The van der Waals surface area contributed by atoms with Crippen LogP contribution < -0.4 is 0 Å². The van der Waals surface area contributed by atoms with Crippen LogP contribution in [0, 0.1) is 5.82 Å². The molecule has 0 amide bonds. The molecule has 0 saturated carbocycles. The molecule has 0 aliphatic heterocycles. The summed E-state index contributed by atoms with van der Waals surface area (Å²) in [5.41, 5.74) is 2.73. The molecule has 0 aromatic heterocycles. The van der Waals surface area contributed by atoms with Crippen molar-refractivity contribution in [2.45, 2.75) is 26.7 Å². The minimum atomic E-state index is -0.846. The lowest BCUT2D eigenvalue weighted by Crippen LogP contribution is -2.04. The maximum Gasteiger partial charge on any atom is 0.307 e. The van der Waals surface area contributed by atoms with Gasteiger partial charge in [0.2, 0.25) is 0 Å². The first-order chi connectivity index (χ1) is 9.65. The van der Waals surface area contributed by atoms with Gasteiger partial charge in [-0.15, -0.1) is 0 Å². The number of halogens is 1. The first kappa shape index (κ1) is 15.9. The molecule has 3 heteroatoms. The summed E-state index contributed by atoms with van der Waals surface area (Å²) in [5, 5.41) is 8.84. The Balaban J connectivity index is 0.000000956. The number of hydrogen-bond acceptors (Lipinski definition) is 1. The third-order valence-electron chi connectivity index (χ3n) is 2.77. The van der Waals surface area contributed by atoms with Crippen LogP contribution in [0.1, 0.15) is 30.5 Å². The van der Waals surface area contributed by atoms with E-state index in [0.29, 0.717) is 6.42 Å². The van der Waals surface area contributed by atoms with Crippen LogP contribution >= 0.6 is 0 Å². The normalized spacial score (nSPS) is 9.55. The van der Waals surface area contributed by atoms with E-state index in [1.807, 2.05) is 38.1 Å². The molecule has 0 saturated heterocycles. The largest absolute Gasteiger partial charge is 0.481 e. The van der Waals surface area contributed by atoms with Gasteiger partial charge in [-0.3, -0.25) is 4.79 Å². The zero-order valence-corrected chi connectivity index (χ0v) is 11.8. The minimum absolute atomic E-state index is 0.0113. The van der Waals surface area contributed by atoms with Gasteiger partial charge in [0.05, 0.1) is 6.42 Å². The summed E-state index contributed by atoms with van der Waals surface area (Å²) >= 11 is 0.